The number of carbonyl (C=O) groups excluding carboxylic acids is 1. The van der Waals surface area contributed by atoms with Gasteiger partial charge in [-0.15, -0.1) is 24.0 Å². The molecule has 0 radical (unpaired) electrons. The molecule has 0 heterocycles. The number of nitrogens with one attached hydrogen (secondary N) is 2. The van der Waals surface area contributed by atoms with E-state index in [0.29, 0.717) is 25.6 Å². The summed E-state index contributed by atoms with van der Waals surface area (Å²) in [4.78, 5) is 18.9. The van der Waals surface area contributed by atoms with Crippen molar-refractivity contribution < 1.29 is 14.6 Å². The molecule has 0 aliphatic heterocycles. The summed E-state index contributed by atoms with van der Waals surface area (Å²) in [5.41, 5.74) is 0.574. The Balaban J connectivity index is 0.00000450. The highest BCUT2D eigenvalue weighted by molar-refractivity contribution is 14.0. The van der Waals surface area contributed by atoms with E-state index in [4.69, 9.17) is 4.74 Å². The second-order valence-corrected chi connectivity index (χ2v) is 8.34. The van der Waals surface area contributed by atoms with Crippen molar-refractivity contribution in [3.8, 4) is 0 Å². The molecule has 1 aliphatic rings. The Bertz CT molecular complexity index is 660. The van der Waals surface area contributed by atoms with E-state index in [1.54, 1.807) is 0 Å². The van der Waals surface area contributed by atoms with Gasteiger partial charge in [0.25, 0.3) is 0 Å². The second-order valence-electron chi connectivity index (χ2n) is 8.34. The third-order valence-electron chi connectivity index (χ3n) is 4.57. The third-order valence-corrected chi connectivity index (χ3v) is 4.57. The first kappa shape index (κ1) is 26.5. The van der Waals surface area contributed by atoms with Gasteiger partial charge in [0.15, 0.2) is 5.96 Å². The van der Waals surface area contributed by atoms with Crippen LogP contribution >= 0.6 is 24.0 Å². The van der Waals surface area contributed by atoms with Gasteiger partial charge in [0.1, 0.15) is 5.60 Å². The van der Waals surface area contributed by atoms with E-state index in [1.165, 1.54) is 0 Å². The van der Waals surface area contributed by atoms with E-state index >= 15 is 0 Å². The van der Waals surface area contributed by atoms with Gasteiger partial charge in [0, 0.05) is 31.6 Å². The van der Waals surface area contributed by atoms with Crippen LogP contribution < -0.4 is 10.6 Å². The number of nitrogens with zero attached hydrogens (tertiary/aromatic N) is 2. The van der Waals surface area contributed by atoms with E-state index in [-0.39, 0.29) is 48.6 Å². The summed E-state index contributed by atoms with van der Waals surface area (Å²) in [6.07, 6.45) is 1.80. The molecule has 1 amide bonds. The molecular formula is C22H37IN4O3. The molecule has 1 unspecified atom stereocenters. The Labute approximate surface area is 197 Å². The van der Waals surface area contributed by atoms with Gasteiger partial charge in [-0.25, -0.2) is 4.79 Å². The molecule has 1 atom stereocenters. The van der Waals surface area contributed by atoms with Crippen molar-refractivity contribution in [3.63, 3.8) is 0 Å². The lowest BCUT2D eigenvalue weighted by Crippen LogP contribution is -2.45. The smallest absolute Gasteiger partial charge is 0.410 e. The lowest BCUT2D eigenvalue weighted by Gasteiger charge is -2.27. The molecule has 1 aliphatic carbocycles. The fraction of sp³-hybridized carbons (Fsp3) is 0.636. The van der Waals surface area contributed by atoms with Crippen molar-refractivity contribution in [1.82, 2.24) is 15.5 Å². The summed E-state index contributed by atoms with van der Waals surface area (Å²) in [7, 11) is 0. The number of hydrogen-bond donors (Lipinski definition) is 3. The minimum Gasteiger partial charge on any atom is -0.444 e. The van der Waals surface area contributed by atoms with Crippen molar-refractivity contribution in [1.29, 1.82) is 0 Å². The average Bonchev–Trinajstić information content (AvgIpc) is 3.50. The van der Waals surface area contributed by atoms with Gasteiger partial charge in [0.05, 0.1) is 13.2 Å². The van der Waals surface area contributed by atoms with Crippen LogP contribution in [0.3, 0.4) is 0 Å². The number of amides is 1. The Morgan fingerprint density at radius 1 is 1.27 bits per heavy atom. The van der Waals surface area contributed by atoms with Crippen molar-refractivity contribution in [2.75, 3.05) is 32.8 Å². The number of rotatable bonds is 9. The first-order chi connectivity index (χ1) is 13.8. The SMILES string of the molecule is CCNC(=NCC(CO)c1ccccc1)NCCN(C(=O)OC(C)(C)C)C1CC1.I. The summed E-state index contributed by atoms with van der Waals surface area (Å²) in [6.45, 7) is 10.1. The van der Waals surface area contributed by atoms with E-state index in [9.17, 15) is 9.90 Å². The molecule has 0 spiro atoms. The number of carbonyl (C=O) groups is 1. The Hall–Kier alpha value is -1.55. The van der Waals surface area contributed by atoms with Gasteiger partial charge in [0.2, 0.25) is 0 Å². The van der Waals surface area contributed by atoms with Crippen LogP contribution in [0.25, 0.3) is 0 Å². The van der Waals surface area contributed by atoms with Crippen LogP contribution in [-0.2, 0) is 4.74 Å². The maximum Gasteiger partial charge on any atom is 0.410 e. The van der Waals surface area contributed by atoms with Crippen molar-refractivity contribution >= 4 is 36.0 Å². The summed E-state index contributed by atoms with van der Waals surface area (Å²) in [5, 5.41) is 16.2. The summed E-state index contributed by atoms with van der Waals surface area (Å²) in [6, 6.07) is 10.2. The molecule has 1 saturated carbocycles. The van der Waals surface area contributed by atoms with E-state index in [0.717, 1.165) is 24.9 Å². The van der Waals surface area contributed by atoms with Gasteiger partial charge in [-0.05, 0) is 46.1 Å². The highest BCUT2D eigenvalue weighted by Crippen LogP contribution is 2.28. The number of benzene rings is 1. The van der Waals surface area contributed by atoms with Gasteiger partial charge in [-0.3, -0.25) is 4.99 Å². The van der Waals surface area contributed by atoms with Gasteiger partial charge in [-0.2, -0.15) is 0 Å². The number of aliphatic hydroxyl groups excluding tert-OH is 1. The first-order valence-corrected chi connectivity index (χ1v) is 10.5. The van der Waals surface area contributed by atoms with Crippen molar-refractivity contribution in [3.05, 3.63) is 35.9 Å². The van der Waals surface area contributed by atoms with Gasteiger partial charge in [-0.1, -0.05) is 30.3 Å². The highest BCUT2D eigenvalue weighted by Gasteiger charge is 2.34. The maximum absolute atomic E-state index is 12.5. The molecule has 1 fully saturated rings. The van der Waals surface area contributed by atoms with Gasteiger partial charge < -0.3 is 25.4 Å². The van der Waals surface area contributed by atoms with Gasteiger partial charge >= 0.3 is 6.09 Å². The molecule has 1 aromatic carbocycles. The fourth-order valence-corrected chi connectivity index (χ4v) is 2.96. The maximum atomic E-state index is 12.5. The molecule has 0 bridgehead atoms. The Kier molecular flexibility index (Phi) is 11.5. The average molecular weight is 532 g/mol. The lowest BCUT2D eigenvalue weighted by molar-refractivity contribution is 0.0238. The first-order valence-electron chi connectivity index (χ1n) is 10.5. The molecule has 7 nitrogen and oxygen atoms in total. The molecule has 0 aromatic heterocycles. The quantitative estimate of drug-likeness (QED) is 0.258. The summed E-state index contributed by atoms with van der Waals surface area (Å²) in [5.74, 6) is 0.637. The fourth-order valence-electron chi connectivity index (χ4n) is 2.96. The zero-order chi connectivity index (χ0) is 21.3. The number of hydrogen-bond acceptors (Lipinski definition) is 4. The Morgan fingerprint density at radius 3 is 2.47 bits per heavy atom. The highest BCUT2D eigenvalue weighted by atomic mass is 127. The van der Waals surface area contributed by atoms with E-state index in [2.05, 4.69) is 15.6 Å². The molecule has 1 aromatic rings. The van der Waals surface area contributed by atoms with E-state index in [1.807, 2.05) is 62.9 Å². The van der Waals surface area contributed by atoms with Crippen LogP contribution in [0, 0.1) is 0 Å². The number of guanidine groups is 1. The molecule has 0 saturated heterocycles. The number of aliphatic hydroxyl groups is 1. The summed E-state index contributed by atoms with van der Waals surface area (Å²) < 4.78 is 5.53. The molecule has 2 rings (SSSR count). The number of aliphatic imine (C=N–C) groups is 1. The zero-order valence-electron chi connectivity index (χ0n) is 18.6. The van der Waals surface area contributed by atoms with Crippen LogP contribution in [-0.4, -0.2) is 66.5 Å². The molecule has 3 N–H and O–H groups in total. The number of halogens is 1. The predicted octanol–water partition coefficient (Wildman–Crippen LogP) is 3.34. The van der Waals surface area contributed by atoms with Crippen molar-refractivity contribution in [2.45, 2.75) is 58.1 Å². The third kappa shape index (κ3) is 9.51. The normalized spacial score (nSPS) is 15.0. The zero-order valence-corrected chi connectivity index (χ0v) is 20.9. The standard InChI is InChI=1S/C22H36N4O3.HI/c1-5-23-20(25-15-18(16-27)17-9-7-6-8-10-17)24-13-14-26(19-11-12-19)21(28)29-22(2,3)4;/h6-10,18-19,27H,5,11-16H2,1-4H3,(H2,23,24,25);1H. The van der Waals surface area contributed by atoms with Crippen LogP contribution in [0.5, 0.6) is 0 Å². The van der Waals surface area contributed by atoms with Crippen LogP contribution in [0.2, 0.25) is 0 Å². The second kappa shape index (κ2) is 13.0. The lowest BCUT2D eigenvalue weighted by atomic mass is 10.0. The number of ether oxygens (including phenoxy) is 1. The van der Waals surface area contributed by atoms with Crippen molar-refractivity contribution in [2.24, 2.45) is 4.99 Å². The predicted molar refractivity (Wildman–Crippen MR) is 132 cm³/mol. The minimum atomic E-state index is -0.495. The van der Waals surface area contributed by atoms with E-state index < -0.39 is 5.60 Å². The van der Waals surface area contributed by atoms with Crippen LogP contribution in [0.1, 0.15) is 52.0 Å². The summed E-state index contributed by atoms with van der Waals surface area (Å²) >= 11 is 0. The minimum absolute atomic E-state index is 0. The monoisotopic (exact) mass is 532 g/mol. The topological polar surface area (TPSA) is 86.2 Å². The largest absolute Gasteiger partial charge is 0.444 e. The molecular weight excluding hydrogens is 495 g/mol. The van der Waals surface area contributed by atoms with Crippen LogP contribution in [0.15, 0.2) is 35.3 Å². The van der Waals surface area contributed by atoms with Crippen LogP contribution in [0.4, 0.5) is 4.79 Å². The molecule has 170 valence electrons. The Morgan fingerprint density at radius 2 is 1.93 bits per heavy atom. The molecule has 8 heteroatoms. The molecule has 30 heavy (non-hydrogen) atoms.